The Morgan fingerprint density at radius 2 is 2.35 bits per heavy atom. The predicted octanol–water partition coefficient (Wildman–Crippen LogP) is 2.67. The van der Waals surface area contributed by atoms with Crippen LogP contribution in [0.2, 0.25) is 0 Å². The van der Waals surface area contributed by atoms with Gasteiger partial charge in [-0.1, -0.05) is 22.9 Å². The molecule has 0 aliphatic carbocycles. The lowest BCUT2D eigenvalue weighted by atomic mass is 10.1. The summed E-state index contributed by atoms with van der Waals surface area (Å²) in [4.78, 5) is 2.32. The summed E-state index contributed by atoms with van der Waals surface area (Å²) < 4.78 is 0.964. The van der Waals surface area contributed by atoms with E-state index in [-0.39, 0.29) is 5.84 Å². The van der Waals surface area contributed by atoms with Crippen molar-refractivity contribution in [2.45, 2.75) is 12.2 Å². The van der Waals surface area contributed by atoms with Gasteiger partial charge in [-0.2, -0.15) is 11.8 Å². The third-order valence-electron chi connectivity index (χ3n) is 2.83. The summed E-state index contributed by atoms with van der Waals surface area (Å²) in [6.45, 7) is 4.28. The molecule has 0 radical (unpaired) electrons. The summed E-state index contributed by atoms with van der Waals surface area (Å²) >= 11 is 5.42. The van der Waals surface area contributed by atoms with Gasteiger partial charge in [-0.15, -0.1) is 0 Å². The molecule has 17 heavy (non-hydrogen) atoms. The number of benzene rings is 1. The lowest BCUT2D eigenvalue weighted by Gasteiger charge is -2.33. The third kappa shape index (κ3) is 2.96. The predicted molar refractivity (Wildman–Crippen MR) is 79.3 cm³/mol. The highest BCUT2D eigenvalue weighted by Gasteiger charge is 2.20. The molecule has 1 aliphatic rings. The number of thioether (sulfide) groups is 1. The molecular formula is C12H16BrN3S. The minimum atomic E-state index is 0.132. The molecule has 1 heterocycles. The van der Waals surface area contributed by atoms with Crippen molar-refractivity contribution in [3.63, 3.8) is 0 Å². The normalized spacial score (nSPS) is 20.4. The number of nitrogens with zero attached hydrogens (tertiary/aromatic N) is 1. The second-order valence-corrected chi connectivity index (χ2v) is 6.66. The van der Waals surface area contributed by atoms with Gasteiger partial charge in [-0.05, 0) is 18.2 Å². The van der Waals surface area contributed by atoms with E-state index in [9.17, 15) is 0 Å². The number of anilines is 1. The molecule has 3 nitrogen and oxygen atoms in total. The SMILES string of the molecule is CC1CN(c2ccc(Br)cc2C(=N)N)CCS1. The van der Waals surface area contributed by atoms with Crippen LogP contribution in [0.3, 0.4) is 0 Å². The van der Waals surface area contributed by atoms with Crippen LogP contribution >= 0.6 is 27.7 Å². The fourth-order valence-corrected chi connectivity index (χ4v) is 3.41. The second kappa shape index (κ2) is 5.31. The van der Waals surface area contributed by atoms with Crippen molar-refractivity contribution < 1.29 is 0 Å². The van der Waals surface area contributed by atoms with E-state index in [0.29, 0.717) is 5.25 Å². The zero-order chi connectivity index (χ0) is 12.4. The number of rotatable bonds is 2. The maximum atomic E-state index is 7.67. The number of nitrogens with one attached hydrogen (secondary N) is 1. The molecule has 1 saturated heterocycles. The van der Waals surface area contributed by atoms with Gasteiger partial charge in [-0.25, -0.2) is 0 Å². The van der Waals surface area contributed by atoms with Crippen LogP contribution < -0.4 is 10.6 Å². The summed E-state index contributed by atoms with van der Waals surface area (Å²) in [6.07, 6.45) is 0. The summed E-state index contributed by atoms with van der Waals surface area (Å²) in [7, 11) is 0. The zero-order valence-electron chi connectivity index (χ0n) is 9.74. The molecule has 1 aromatic carbocycles. The van der Waals surface area contributed by atoms with Crippen molar-refractivity contribution in [2.75, 3.05) is 23.7 Å². The van der Waals surface area contributed by atoms with Gasteiger partial charge in [0, 0.05) is 39.8 Å². The van der Waals surface area contributed by atoms with Crippen molar-refractivity contribution in [1.82, 2.24) is 0 Å². The average Bonchev–Trinajstić information content (AvgIpc) is 2.28. The van der Waals surface area contributed by atoms with Gasteiger partial charge in [0.05, 0.1) is 0 Å². The van der Waals surface area contributed by atoms with E-state index in [1.165, 1.54) is 0 Å². The number of nitrogen functional groups attached to an aromatic ring is 1. The minimum absolute atomic E-state index is 0.132. The van der Waals surface area contributed by atoms with E-state index in [1.807, 2.05) is 30.0 Å². The first-order valence-corrected chi connectivity index (χ1v) is 7.42. The molecule has 1 atom stereocenters. The molecule has 3 N–H and O–H groups in total. The van der Waals surface area contributed by atoms with E-state index >= 15 is 0 Å². The molecule has 0 aromatic heterocycles. The Balaban J connectivity index is 2.33. The highest BCUT2D eigenvalue weighted by molar-refractivity contribution is 9.10. The molecule has 2 rings (SSSR count). The third-order valence-corrected chi connectivity index (χ3v) is 4.46. The number of halogens is 1. The zero-order valence-corrected chi connectivity index (χ0v) is 12.1. The quantitative estimate of drug-likeness (QED) is 0.652. The Hall–Kier alpha value is -0.680. The highest BCUT2D eigenvalue weighted by atomic mass is 79.9. The van der Waals surface area contributed by atoms with Crippen LogP contribution in [0.5, 0.6) is 0 Å². The van der Waals surface area contributed by atoms with Crippen LogP contribution in [0, 0.1) is 5.41 Å². The fraction of sp³-hybridized carbons (Fsp3) is 0.417. The van der Waals surface area contributed by atoms with Crippen molar-refractivity contribution in [3.8, 4) is 0 Å². The van der Waals surface area contributed by atoms with E-state index < -0.39 is 0 Å². The molecule has 92 valence electrons. The van der Waals surface area contributed by atoms with Crippen LogP contribution in [-0.2, 0) is 0 Å². The van der Waals surface area contributed by atoms with Crippen LogP contribution in [-0.4, -0.2) is 29.9 Å². The molecule has 0 bridgehead atoms. The molecule has 1 unspecified atom stereocenters. The fourth-order valence-electron chi connectivity index (χ4n) is 2.04. The van der Waals surface area contributed by atoms with Crippen molar-refractivity contribution >= 4 is 39.2 Å². The van der Waals surface area contributed by atoms with E-state index in [0.717, 1.165) is 34.6 Å². The van der Waals surface area contributed by atoms with Crippen LogP contribution in [0.25, 0.3) is 0 Å². The molecule has 0 saturated carbocycles. The van der Waals surface area contributed by atoms with Crippen LogP contribution in [0.15, 0.2) is 22.7 Å². The lowest BCUT2D eigenvalue weighted by Crippen LogP contribution is -2.37. The van der Waals surface area contributed by atoms with Gasteiger partial charge in [0.15, 0.2) is 0 Å². The van der Waals surface area contributed by atoms with E-state index in [4.69, 9.17) is 11.1 Å². The van der Waals surface area contributed by atoms with Crippen molar-refractivity contribution in [3.05, 3.63) is 28.2 Å². The van der Waals surface area contributed by atoms with Gasteiger partial charge in [0.25, 0.3) is 0 Å². The number of nitrogens with two attached hydrogens (primary N) is 1. The van der Waals surface area contributed by atoms with Gasteiger partial charge in [-0.3, -0.25) is 5.41 Å². The van der Waals surface area contributed by atoms with E-state index in [1.54, 1.807) is 0 Å². The highest BCUT2D eigenvalue weighted by Crippen LogP contribution is 2.28. The molecule has 5 heteroatoms. The minimum Gasteiger partial charge on any atom is -0.384 e. The smallest absolute Gasteiger partial charge is 0.124 e. The monoisotopic (exact) mass is 313 g/mol. The second-order valence-electron chi connectivity index (χ2n) is 4.20. The molecule has 0 amide bonds. The van der Waals surface area contributed by atoms with Crippen molar-refractivity contribution in [2.24, 2.45) is 5.73 Å². The molecule has 1 aliphatic heterocycles. The Morgan fingerprint density at radius 1 is 1.59 bits per heavy atom. The topological polar surface area (TPSA) is 53.1 Å². The number of hydrogen-bond donors (Lipinski definition) is 2. The summed E-state index contributed by atoms with van der Waals surface area (Å²) in [5, 5.41) is 8.30. The molecule has 1 aromatic rings. The summed E-state index contributed by atoms with van der Waals surface area (Å²) in [6, 6.07) is 5.97. The van der Waals surface area contributed by atoms with Crippen LogP contribution in [0.1, 0.15) is 12.5 Å². The first-order valence-electron chi connectivity index (χ1n) is 5.58. The molecule has 1 fully saturated rings. The summed E-state index contributed by atoms with van der Waals surface area (Å²) in [5.41, 5.74) is 7.55. The van der Waals surface area contributed by atoms with E-state index in [2.05, 4.69) is 27.8 Å². The Labute approximate surface area is 114 Å². The summed E-state index contributed by atoms with van der Waals surface area (Å²) in [5.74, 6) is 1.27. The Morgan fingerprint density at radius 3 is 3.00 bits per heavy atom. The Kier molecular flexibility index (Phi) is 3.99. The molecular weight excluding hydrogens is 298 g/mol. The molecule has 0 spiro atoms. The average molecular weight is 314 g/mol. The van der Waals surface area contributed by atoms with Gasteiger partial charge in [0.1, 0.15) is 5.84 Å². The maximum Gasteiger partial charge on any atom is 0.124 e. The largest absolute Gasteiger partial charge is 0.384 e. The van der Waals surface area contributed by atoms with Crippen LogP contribution in [0.4, 0.5) is 5.69 Å². The first-order chi connectivity index (χ1) is 8.08. The standard InChI is InChI=1S/C12H16BrN3S/c1-8-7-16(4-5-17-8)11-3-2-9(13)6-10(11)12(14)15/h2-3,6,8H,4-5,7H2,1H3,(H3,14,15). The van der Waals surface area contributed by atoms with Crippen molar-refractivity contribution in [1.29, 1.82) is 5.41 Å². The van der Waals surface area contributed by atoms with Gasteiger partial charge >= 0.3 is 0 Å². The Bertz CT molecular complexity index is 436. The van der Waals surface area contributed by atoms with Gasteiger partial charge < -0.3 is 10.6 Å². The van der Waals surface area contributed by atoms with Gasteiger partial charge in [0.2, 0.25) is 0 Å². The number of hydrogen-bond acceptors (Lipinski definition) is 3. The maximum absolute atomic E-state index is 7.67. The number of amidine groups is 1. The lowest BCUT2D eigenvalue weighted by molar-refractivity contribution is 0.782. The first kappa shape index (κ1) is 12.8.